The van der Waals surface area contributed by atoms with Gasteiger partial charge in [-0.2, -0.15) is 26.3 Å². The summed E-state index contributed by atoms with van der Waals surface area (Å²) in [6, 6.07) is 21.9. The Morgan fingerprint density at radius 1 is 0.634 bits per heavy atom. The van der Waals surface area contributed by atoms with Crippen LogP contribution in [0.5, 0.6) is 0 Å². The molecular formula is C31H23F6NO3. The lowest BCUT2D eigenvalue weighted by atomic mass is 9.76. The van der Waals surface area contributed by atoms with Crippen molar-refractivity contribution in [1.82, 2.24) is 5.32 Å². The number of halogens is 6. The standard InChI is InChI=1S/C31H23F6NO3/c1-41-28(40)22-15-13-21(14-16-22)27(39)38-29(19-20-7-3-2-4-8-20,23-9-5-11-25(17-23)30(32,33)34)24-10-6-12-26(18-24)31(35,36)37/h2-18H,19H2,1H3,(H,38,39). The van der Waals surface area contributed by atoms with Gasteiger partial charge in [0.2, 0.25) is 0 Å². The first-order valence-corrected chi connectivity index (χ1v) is 12.2. The second-order valence-electron chi connectivity index (χ2n) is 9.25. The van der Waals surface area contributed by atoms with Crippen molar-refractivity contribution >= 4 is 11.9 Å². The molecule has 0 radical (unpaired) electrons. The zero-order chi connectivity index (χ0) is 29.8. The summed E-state index contributed by atoms with van der Waals surface area (Å²) < 4.78 is 87.4. The molecule has 4 aromatic rings. The molecule has 0 unspecified atom stereocenters. The minimum atomic E-state index is -4.75. The molecule has 41 heavy (non-hydrogen) atoms. The van der Waals surface area contributed by atoms with Crippen LogP contribution in [0.2, 0.25) is 0 Å². The van der Waals surface area contributed by atoms with Gasteiger partial charge < -0.3 is 10.1 Å². The third-order valence-corrected chi connectivity index (χ3v) is 6.57. The normalized spacial score (nSPS) is 12.1. The number of hydrogen-bond donors (Lipinski definition) is 1. The molecule has 0 bridgehead atoms. The Kier molecular flexibility index (Phi) is 8.23. The van der Waals surface area contributed by atoms with Gasteiger partial charge in [-0.05, 0) is 65.2 Å². The van der Waals surface area contributed by atoms with Crippen molar-refractivity contribution in [3.63, 3.8) is 0 Å². The smallest absolute Gasteiger partial charge is 0.416 e. The van der Waals surface area contributed by atoms with Crippen molar-refractivity contribution in [3.05, 3.63) is 142 Å². The van der Waals surface area contributed by atoms with Gasteiger partial charge in [-0.3, -0.25) is 4.79 Å². The highest BCUT2D eigenvalue weighted by molar-refractivity contribution is 5.97. The van der Waals surface area contributed by atoms with E-state index in [1.165, 1.54) is 43.5 Å². The Bertz CT molecular complexity index is 1470. The van der Waals surface area contributed by atoms with Crippen LogP contribution in [0.4, 0.5) is 26.3 Å². The first-order valence-electron chi connectivity index (χ1n) is 12.2. The van der Waals surface area contributed by atoms with Gasteiger partial charge in [0.05, 0.1) is 29.3 Å². The maximum Gasteiger partial charge on any atom is 0.416 e. The molecule has 4 rings (SSSR count). The summed E-state index contributed by atoms with van der Waals surface area (Å²) in [6.45, 7) is 0. The lowest BCUT2D eigenvalue weighted by molar-refractivity contribution is -0.138. The van der Waals surface area contributed by atoms with E-state index in [-0.39, 0.29) is 28.7 Å². The molecule has 4 nitrogen and oxygen atoms in total. The second kappa shape index (κ2) is 11.5. The number of ether oxygens (including phenoxy) is 1. The van der Waals surface area contributed by atoms with E-state index in [2.05, 4.69) is 10.1 Å². The summed E-state index contributed by atoms with van der Waals surface area (Å²) in [5.74, 6) is -1.43. The topological polar surface area (TPSA) is 55.4 Å². The first kappa shape index (κ1) is 29.4. The molecule has 0 aliphatic heterocycles. The van der Waals surface area contributed by atoms with Crippen molar-refractivity contribution in [2.75, 3.05) is 7.11 Å². The molecule has 0 spiro atoms. The minimum absolute atomic E-state index is 0.0223. The molecule has 0 aliphatic carbocycles. The Balaban J connectivity index is 1.95. The van der Waals surface area contributed by atoms with Gasteiger partial charge >= 0.3 is 18.3 Å². The van der Waals surface area contributed by atoms with Crippen LogP contribution in [-0.2, 0) is 29.0 Å². The van der Waals surface area contributed by atoms with Crippen molar-refractivity contribution in [2.45, 2.75) is 24.3 Å². The molecule has 212 valence electrons. The minimum Gasteiger partial charge on any atom is -0.465 e. The lowest BCUT2D eigenvalue weighted by Gasteiger charge is -2.37. The summed E-state index contributed by atoms with van der Waals surface area (Å²) in [7, 11) is 1.19. The van der Waals surface area contributed by atoms with Gasteiger partial charge in [0.25, 0.3) is 5.91 Å². The average Bonchev–Trinajstić information content (AvgIpc) is 2.96. The van der Waals surface area contributed by atoms with Crippen LogP contribution in [-0.4, -0.2) is 19.0 Å². The second-order valence-corrected chi connectivity index (χ2v) is 9.25. The third-order valence-electron chi connectivity index (χ3n) is 6.57. The van der Waals surface area contributed by atoms with Gasteiger partial charge in [0.1, 0.15) is 0 Å². The Morgan fingerprint density at radius 2 is 1.10 bits per heavy atom. The van der Waals surface area contributed by atoms with Crippen molar-refractivity contribution in [1.29, 1.82) is 0 Å². The monoisotopic (exact) mass is 571 g/mol. The fourth-order valence-electron chi connectivity index (χ4n) is 4.52. The van der Waals surface area contributed by atoms with Gasteiger partial charge in [-0.25, -0.2) is 4.79 Å². The van der Waals surface area contributed by atoms with Crippen LogP contribution in [0.15, 0.2) is 103 Å². The van der Waals surface area contributed by atoms with Crippen LogP contribution in [0.25, 0.3) is 0 Å². The highest BCUT2D eigenvalue weighted by Crippen LogP contribution is 2.40. The van der Waals surface area contributed by atoms with Crippen LogP contribution in [0, 0.1) is 0 Å². The van der Waals surface area contributed by atoms with E-state index in [1.807, 2.05) is 0 Å². The quantitative estimate of drug-likeness (QED) is 0.186. The summed E-state index contributed by atoms with van der Waals surface area (Å²) in [5.41, 5.74) is -3.37. The zero-order valence-corrected chi connectivity index (χ0v) is 21.5. The van der Waals surface area contributed by atoms with Crippen molar-refractivity contribution < 1.29 is 40.7 Å². The molecule has 0 saturated heterocycles. The molecule has 0 saturated carbocycles. The fourth-order valence-corrected chi connectivity index (χ4v) is 4.52. The highest BCUT2D eigenvalue weighted by atomic mass is 19.4. The molecule has 0 atom stereocenters. The van der Waals surface area contributed by atoms with E-state index >= 15 is 0 Å². The number of amides is 1. The SMILES string of the molecule is COC(=O)c1ccc(C(=O)NC(Cc2ccccc2)(c2cccc(C(F)(F)F)c2)c2cccc(C(F)(F)F)c2)cc1. The largest absolute Gasteiger partial charge is 0.465 e. The molecule has 1 amide bonds. The van der Waals surface area contributed by atoms with E-state index in [0.29, 0.717) is 5.56 Å². The molecule has 0 aliphatic rings. The number of carbonyl (C=O) groups is 2. The summed E-state index contributed by atoms with van der Waals surface area (Å²) in [4.78, 5) is 25.5. The first-order chi connectivity index (χ1) is 19.3. The zero-order valence-electron chi connectivity index (χ0n) is 21.5. The van der Waals surface area contributed by atoms with Gasteiger partial charge in [0, 0.05) is 12.0 Å². The lowest BCUT2D eigenvalue weighted by Crippen LogP contribution is -2.49. The molecule has 10 heteroatoms. The number of rotatable bonds is 7. The fraction of sp³-hybridized carbons (Fsp3) is 0.161. The number of alkyl halides is 6. The number of methoxy groups -OCH3 is 1. The molecule has 1 N–H and O–H groups in total. The van der Waals surface area contributed by atoms with E-state index in [1.54, 1.807) is 30.3 Å². The van der Waals surface area contributed by atoms with Crippen LogP contribution < -0.4 is 5.32 Å². The van der Waals surface area contributed by atoms with E-state index in [0.717, 1.165) is 36.4 Å². The van der Waals surface area contributed by atoms with Crippen molar-refractivity contribution in [3.8, 4) is 0 Å². The van der Waals surface area contributed by atoms with Gasteiger partial charge in [0.15, 0.2) is 0 Å². The Morgan fingerprint density at radius 3 is 1.56 bits per heavy atom. The predicted molar refractivity (Wildman–Crippen MR) is 139 cm³/mol. The predicted octanol–water partition coefficient (Wildman–Crippen LogP) is 7.43. The van der Waals surface area contributed by atoms with E-state index in [9.17, 15) is 35.9 Å². The highest BCUT2D eigenvalue weighted by Gasteiger charge is 2.41. The Hall–Kier alpha value is -4.60. The van der Waals surface area contributed by atoms with Crippen LogP contribution in [0.3, 0.4) is 0 Å². The van der Waals surface area contributed by atoms with E-state index < -0.39 is 40.9 Å². The molecular weight excluding hydrogens is 548 g/mol. The third kappa shape index (κ3) is 6.59. The number of esters is 1. The maximum absolute atomic E-state index is 13.8. The summed E-state index contributed by atoms with van der Waals surface area (Å²) >= 11 is 0. The maximum atomic E-state index is 13.8. The number of benzene rings is 4. The number of carbonyl (C=O) groups excluding carboxylic acids is 2. The van der Waals surface area contributed by atoms with Crippen LogP contribution in [0.1, 0.15) is 48.5 Å². The van der Waals surface area contributed by atoms with Crippen molar-refractivity contribution in [2.24, 2.45) is 0 Å². The molecule has 0 aromatic heterocycles. The Labute approximate surface area is 231 Å². The molecule has 4 aromatic carbocycles. The van der Waals surface area contributed by atoms with Gasteiger partial charge in [-0.1, -0.05) is 54.6 Å². The molecule has 0 fully saturated rings. The number of nitrogens with one attached hydrogen (secondary N) is 1. The summed E-state index contributed by atoms with van der Waals surface area (Å²) in [5, 5.41) is 2.76. The van der Waals surface area contributed by atoms with Crippen LogP contribution >= 0.6 is 0 Å². The molecule has 0 heterocycles. The van der Waals surface area contributed by atoms with Gasteiger partial charge in [-0.15, -0.1) is 0 Å². The summed E-state index contributed by atoms with van der Waals surface area (Å²) in [6.07, 6.45) is -9.69. The number of hydrogen-bond acceptors (Lipinski definition) is 3. The average molecular weight is 572 g/mol. The van der Waals surface area contributed by atoms with E-state index in [4.69, 9.17) is 0 Å².